The van der Waals surface area contributed by atoms with Crippen LogP contribution in [0.5, 0.6) is 0 Å². The van der Waals surface area contributed by atoms with E-state index in [9.17, 15) is 4.79 Å². The van der Waals surface area contributed by atoms with Crippen molar-refractivity contribution in [1.82, 2.24) is 14.9 Å². The van der Waals surface area contributed by atoms with Gasteiger partial charge in [-0.1, -0.05) is 42.5 Å². The molecule has 1 N–H and O–H groups in total. The Hall–Kier alpha value is -2.88. The van der Waals surface area contributed by atoms with Crippen molar-refractivity contribution >= 4 is 16.9 Å². The average molecular weight is 361 g/mol. The number of nitrogens with one attached hydrogen (secondary N) is 1. The fourth-order valence-corrected chi connectivity index (χ4v) is 3.23. The minimum Gasteiger partial charge on any atom is -0.352 e. The van der Waals surface area contributed by atoms with Gasteiger partial charge in [0.25, 0.3) is 0 Å². The van der Waals surface area contributed by atoms with Crippen LogP contribution >= 0.6 is 0 Å². The summed E-state index contributed by atoms with van der Waals surface area (Å²) in [6, 6.07) is 14.8. The molecule has 27 heavy (non-hydrogen) atoms. The number of hydrogen-bond acceptors (Lipinski definition) is 2. The first-order valence-corrected chi connectivity index (χ1v) is 9.39. The summed E-state index contributed by atoms with van der Waals surface area (Å²) in [4.78, 5) is 16.5. The quantitative estimate of drug-likeness (QED) is 0.503. The third-order valence-electron chi connectivity index (χ3n) is 4.82. The fourth-order valence-electron chi connectivity index (χ4n) is 3.23. The van der Waals surface area contributed by atoms with E-state index in [-0.39, 0.29) is 5.91 Å². The van der Waals surface area contributed by atoms with Gasteiger partial charge in [0.1, 0.15) is 5.82 Å². The van der Waals surface area contributed by atoms with E-state index in [0.717, 1.165) is 36.2 Å². The molecule has 3 rings (SSSR count). The Morgan fingerprint density at radius 1 is 1.19 bits per heavy atom. The molecular weight excluding hydrogens is 334 g/mol. The number of para-hydroxylation sites is 2. The molecule has 0 fully saturated rings. The van der Waals surface area contributed by atoms with Crippen LogP contribution in [0.3, 0.4) is 0 Å². The molecule has 3 aromatic rings. The largest absolute Gasteiger partial charge is 0.352 e. The van der Waals surface area contributed by atoms with Crippen LogP contribution in [0.25, 0.3) is 11.0 Å². The van der Waals surface area contributed by atoms with Crippen molar-refractivity contribution in [2.75, 3.05) is 6.54 Å². The van der Waals surface area contributed by atoms with Gasteiger partial charge in [-0.05, 0) is 50.5 Å². The van der Waals surface area contributed by atoms with E-state index in [4.69, 9.17) is 4.98 Å². The zero-order valence-electron chi connectivity index (χ0n) is 16.4. The normalized spacial score (nSPS) is 10.9. The third-order valence-corrected chi connectivity index (χ3v) is 4.82. The SMILES string of the molecule is C=C(C)C(=O)NCCCc1nc2ccccc2n1Cc1cc(C)ccc1C. The van der Waals surface area contributed by atoms with Crippen molar-refractivity contribution in [1.29, 1.82) is 0 Å². The van der Waals surface area contributed by atoms with Crippen molar-refractivity contribution in [2.45, 2.75) is 40.2 Å². The Balaban J connectivity index is 1.82. The van der Waals surface area contributed by atoms with Gasteiger partial charge in [-0.25, -0.2) is 4.98 Å². The molecule has 0 spiro atoms. The predicted molar refractivity (Wildman–Crippen MR) is 111 cm³/mol. The molecule has 0 saturated heterocycles. The third kappa shape index (κ3) is 4.45. The number of benzene rings is 2. The highest BCUT2D eigenvalue weighted by Crippen LogP contribution is 2.21. The van der Waals surface area contributed by atoms with Crippen LogP contribution in [0.1, 0.15) is 35.9 Å². The number of carbonyl (C=O) groups is 1. The molecule has 0 radical (unpaired) electrons. The number of rotatable bonds is 7. The highest BCUT2D eigenvalue weighted by atomic mass is 16.1. The number of carbonyl (C=O) groups excluding carboxylic acids is 1. The van der Waals surface area contributed by atoms with Gasteiger partial charge in [0.05, 0.1) is 11.0 Å². The average Bonchev–Trinajstić information content (AvgIpc) is 2.99. The van der Waals surface area contributed by atoms with Gasteiger partial charge >= 0.3 is 0 Å². The second-order valence-electron chi connectivity index (χ2n) is 7.17. The highest BCUT2D eigenvalue weighted by molar-refractivity contribution is 5.92. The molecule has 0 aliphatic carbocycles. The monoisotopic (exact) mass is 361 g/mol. The van der Waals surface area contributed by atoms with Gasteiger partial charge in [0, 0.05) is 25.1 Å². The van der Waals surface area contributed by atoms with Gasteiger partial charge in [-0.2, -0.15) is 0 Å². The van der Waals surface area contributed by atoms with E-state index in [2.05, 4.69) is 66.7 Å². The summed E-state index contributed by atoms with van der Waals surface area (Å²) in [6.07, 6.45) is 1.66. The number of aromatic nitrogens is 2. The standard InChI is InChI=1S/C23H27N3O/c1-16(2)23(27)24-13-7-10-22-25-20-8-5-6-9-21(20)26(22)15-19-14-17(3)11-12-18(19)4/h5-6,8-9,11-12,14H,1,7,10,13,15H2,2-4H3,(H,24,27). The lowest BCUT2D eigenvalue weighted by atomic mass is 10.1. The van der Waals surface area contributed by atoms with Crippen molar-refractivity contribution in [3.63, 3.8) is 0 Å². The number of amides is 1. The summed E-state index contributed by atoms with van der Waals surface area (Å²) < 4.78 is 2.30. The minimum absolute atomic E-state index is 0.0844. The molecule has 4 heteroatoms. The molecule has 0 saturated carbocycles. The number of imidazole rings is 1. The van der Waals surface area contributed by atoms with Gasteiger partial charge in [0.15, 0.2) is 0 Å². The lowest BCUT2D eigenvalue weighted by Crippen LogP contribution is -2.25. The van der Waals surface area contributed by atoms with E-state index in [0.29, 0.717) is 12.1 Å². The van der Waals surface area contributed by atoms with Crippen molar-refractivity contribution < 1.29 is 4.79 Å². The van der Waals surface area contributed by atoms with Gasteiger partial charge < -0.3 is 9.88 Å². The van der Waals surface area contributed by atoms with Crippen LogP contribution in [0.4, 0.5) is 0 Å². The Morgan fingerprint density at radius 3 is 2.74 bits per heavy atom. The highest BCUT2D eigenvalue weighted by Gasteiger charge is 2.12. The first kappa shape index (κ1) is 18.9. The number of aryl methyl sites for hydroxylation is 3. The molecule has 4 nitrogen and oxygen atoms in total. The molecule has 0 atom stereocenters. The fraction of sp³-hybridized carbons (Fsp3) is 0.304. The maximum atomic E-state index is 11.6. The number of nitrogens with zero attached hydrogens (tertiary/aromatic N) is 2. The molecule has 0 aliphatic heterocycles. The summed E-state index contributed by atoms with van der Waals surface area (Å²) in [6.45, 7) is 11.1. The summed E-state index contributed by atoms with van der Waals surface area (Å²) in [5.41, 5.74) is 6.58. The van der Waals surface area contributed by atoms with E-state index in [1.54, 1.807) is 6.92 Å². The molecule has 1 aromatic heterocycles. The van der Waals surface area contributed by atoms with E-state index < -0.39 is 0 Å². The first-order valence-electron chi connectivity index (χ1n) is 9.39. The van der Waals surface area contributed by atoms with Crippen molar-refractivity contribution in [3.8, 4) is 0 Å². The summed E-state index contributed by atoms with van der Waals surface area (Å²) in [5.74, 6) is 0.973. The van der Waals surface area contributed by atoms with Crippen LogP contribution in [0, 0.1) is 13.8 Å². The van der Waals surface area contributed by atoms with Crippen molar-refractivity contribution in [2.24, 2.45) is 0 Å². The molecule has 0 unspecified atom stereocenters. The molecule has 0 aliphatic rings. The molecule has 140 valence electrons. The van der Waals surface area contributed by atoms with Crippen molar-refractivity contribution in [3.05, 3.63) is 77.1 Å². The Labute approximate surface area is 160 Å². The molecule has 1 amide bonds. The van der Waals surface area contributed by atoms with Gasteiger partial charge in [-0.15, -0.1) is 0 Å². The van der Waals surface area contributed by atoms with Crippen LogP contribution in [-0.4, -0.2) is 22.0 Å². The predicted octanol–water partition coefficient (Wildman–Crippen LogP) is 4.33. The first-order chi connectivity index (χ1) is 13.0. The van der Waals surface area contributed by atoms with Crippen LogP contribution in [0.2, 0.25) is 0 Å². The lowest BCUT2D eigenvalue weighted by Gasteiger charge is -2.13. The Bertz CT molecular complexity index is 984. The van der Waals surface area contributed by atoms with E-state index >= 15 is 0 Å². The second kappa shape index (κ2) is 8.21. The molecule has 1 heterocycles. The van der Waals surface area contributed by atoms with E-state index in [1.807, 2.05) is 6.07 Å². The topological polar surface area (TPSA) is 46.9 Å². The molecule has 0 bridgehead atoms. The maximum Gasteiger partial charge on any atom is 0.246 e. The minimum atomic E-state index is -0.0844. The second-order valence-corrected chi connectivity index (χ2v) is 7.17. The maximum absolute atomic E-state index is 11.6. The Morgan fingerprint density at radius 2 is 1.96 bits per heavy atom. The van der Waals surface area contributed by atoms with Gasteiger partial charge in [0.2, 0.25) is 5.91 Å². The van der Waals surface area contributed by atoms with Gasteiger partial charge in [-0.3, -0.25) is 4.79 Å². The molecular formula is C23H27N3O. The lowest BCUT2D eigenvalue weighted by molar-refractivity contribution is -0.117. The zero-order valence-corrected chi connectivity index (χ0v) is 16.4. The van der Waals surface area contributed by atoms with Crippen LogP contribution in [0.15, 0.2) is 54.6 Å². The summed E-state index contributed by atoms with van der Waals surface area (Å²) >= 11 is 0. The Kier molecular flexibility index (Phi) is 5.75. The molecule has 2 aromatic carbocycles. The number of hydrogen-bond donors (Lipinski definition) is 1. The van der Waals surface area contributed by atoms with E-state index in [1.165, 1.54) is 16.7 Å². The summed E-state index contributed by atoms with van der Waals surface area (Å²) in [5, 5.41) is 2.90. The van der Waals surface area contributed by atoms with Crippen LogP contribution in [-0.2, 0) is 17.8 Å². The zero-order chi connectivity index (χ0) is 19.4. The van der Waals surface area contributed by atoms with Crippen LogP contribution < -0.4 is 5.32 Å². The number of fused-ring (bicyclic) bond motifs is 1. The summed E-state index contributed by atoms with van der Waals surface area (Å²) in [7, 11) is 0. The smallest absolute Gasteiger partial charge is 0.246 e.